The minimum Gasteiger partial charge on any atom is -0.480 e. The number of halogens is 2. The fraction of sp³-hybridized carbons (Fsp3) is 0.167. The summed E-state index contributed by atoms with van der Waals surface area (Å²) in [6, 6.07) is 12.8. The maximum absolute atomic E-state index is 13.0. The summed E-state index contributed by atoms with van der Waals surface area (Å²) in [4.78, 5) is 11.9. The van der Waals surface area contributed by atoms with Crippen molar-refractivity contribution < 1.29 is 23.1 Å². The molecular weight excluding hydrogens is 363 g/mol. The van der Waals surface area contributed by atoms with Gasteiger partial charge < -0.3 is 13.9 Å². The molecule has 0 saturated carbocycles. The van der Waals surface area contributed by atoms with E-state index in [1.807, 2.05) is 30.3 Å². The summed E-state index contributed by atoms with van der Waals surface area (Å²) in [5.41, 5.74) is 0.763. The van der Waals surface area contributed by atoms with E-state index in [1.54, 1.807) is 6.92 Å². The average Bonchev–Trinajstić information content (AvgIpc) is 3.12. The second kappa shape index (κ2) is 7.97. The van der Waals surface area contributed by atoms with Crippen LogP contribution in [-0.4, -0.2) is 22.8 Å². The highest BCUT2D eigenvalue weighted by Crippen LogP contribution is 2.25. The first-order valence-electron chi connectivity index (χ1n) is 7.69. The minimum atomic E-state index is -0.750. The summed E-state index contributed by atoms with van der Waals surface area (Å²) in [5, 5.41) is 7.89. The number of hydrogen-bond donors (Lipinski definition) is 0. The normalized spacial score (nSPS) is 11.8. The molecule has 0 radical (unpaired) electrons. The lowest BCUT2D eigenvalue weighted by Crippen LogP contribution is -2.17. The van der Waals surface area contributed by atoms with Gasteiger partial charge in [0, 0.05) is 5.56 Å². The zero-order valence-corrected chi connectivity index (χ0v) is 14.4. The summed E-state index contributed by atoms with van der Waals surface area (Å²) in [6.07, 6.45) is -0.750. The molecule has 0 saturated heterocycles. The van der Waals surface area contributed by atoms with Crippen molar-refractivity contribution in [2.45, 2.75) is 13.0 Å². The Morgan fingerprint density at radius 3 is 2.73 bits per heavy atom. The van der Waals surface area contributed by atoms with Crippen LogP contribution in [0.5, 0.6) is 5.75 Å². The molecule has 1 aromatic heterocycles. The second-order valence-electron chi connectivity index (χ2n) is 5.31. The first kappa shape index (κ1) is 17.9. The fourth-order valence-electron chi connectivity index (χ4n) is 2.11. The molecule has 134 valence electrons. The van der Waals surface area contributed by atoms with Crippen LogP contribution in [0.15, 0.2) is 52.9 Å². The van der Waals surface area contributed by atoms with Crippen molar-refractivity contribution in [2.75, 3.05) is 6.61 Å². The zero-order chi connectivity index (χ0) is 18.5. The van der Waals surface area contributed by atoms with Crippen LogP contribution in [-0.2, 0) is 9.53 Å². The molecule has 6 nitrogen and oxygen atoms in total. The molecule has 3 aromatic rings. The Morgan fingerprint density at radius 1 is 1.23 bits per heavy atom. The van der Waals surface area contributed by atoms with Crippen molar-refractivity contribution in [3.05, 3.63) is 65.3 Å². The summed E-state index contributed by atoms with van der Waals surface area (Å²) < 4.78 is 28.9. The van der Waals surface area contributed by atoms with Gasteiger partial charge in [0.25, 0.3) is 5.89 Å². The smallest absolute Gasteiger partial charge is 0.344 e. The SMILES string of the molecule is C[C@H](OC(=O)COc1ccc(F)cc1Cl)c1nnc(-c2ccccc2)o1. The first-order valence-corrected chi connectivity index (χ1v) is 8.07. The van der Waals surface area contributed by atoms with Gasteiger partial charge in [-0.3, -0.25) is 0 Å². The number of nitrogens with zero attached hydrogens (tertiary/aromatic N) is 2. The fourth-order valence-corrected chi connectivity index (χ4v) is 2.33. The number of esters is 1. The third-order valence-corrected chi connectivity index (χ3v) is 3.65. The van der Waals surface area contributed by atoms with Crippen molar-refractivity contribution in [2.24, 2.45) is 0 Å². The maximum Gasteiger partial charge on any atom is 0.344 e. The molecule has 0 aliphatic carbocycles. The third kappa shape index (κ3) is 4.37. The molecule has 0 bridgehead atoms. The van der Waals surface area contributed by atoms with Gasteiger partial charge in [0.2, 0.25) is 5.89 Å². The van der Waals surface area contributed by atoms with Crippen molar-refractivity contribution >= 4 is 17.6 Å². The van der Waals surface area contributed by atoms with E-state index >= 15 is 0 Å². The van der Waals surface area contributed by atoms with Crippen molar-refractivity contribution in [1.82, 2.24) is 10.2 Å². The maximum atomic E-state index is 13.0. The van der Waals surface area contributed by atoms with E-state index in [1.165, 1.54) is 12.1 Å². The van der Waals surface area contributed by atoms with Gasteiger partial charge in [-0.1, -0.05) is 29.8 Å². The summed E-state index contributed by atoms with van der Waals surface area (Å²) >= 11 is 5.83. The number of carbonyl (C=O) groups excluding carboxylic acids is 1. The lowest BCUT2D eigenvalue weighted by Gasteiger charge is -2.11. The largest absolute Gasteiger partial charge is 0.480 e. The van der Waals surface area contributed by atoms with Crippen molar-refractivity contribution in [1.29, 1.82) is 0 Å². The molecule has 2 aromatic carbocycles. The molecule has 0 spiro atoms. The molecular formula is C18H14ClFN2O4. The van der Waals surface area contributed by atoms with Gasteiger partial charge in [-0.15, -0.1) is 10.2 Å². The second-order valence-corrected chi connectivity index (χ2v) is 5.71. The predicted molar refractivity (Wildman–Crippen MR) is 91.1 cm³/mol. The van der Waals surface area contributed by atoms with Crippen LogP contribution in [0.25, 0.3) is 11.5 Å². The Labute approximate surface area is 153 Å². The molecule has 0 aliphatic rings. The van der Waals surface area contributed by atoms with Crippen LogP contribution in [0.3, 0.4) is 0 Å². The van der Waals surface area contributed by atoms with E-state index in [4.69, 9.17) is 25.5 Å². The van der Waals surface area contributed by atoms with E-state index in [0.717, 1.165) is 11.6 Å². The van der Waals surface area contributed by atoms with Gasteiger partial charge in [0.1, 0.15) is 11.6 Å². The first-order chi connectivity index (χ1) is 12.5. The van der Waals surface area contributed by atoms with Gasteiger partial charge in [-0.2, -0.15) is 0 Å². The van der Waals surface area contributed by atoms with Gasteiger partial charge in [-0.05, 0) is 37.3 Å². The highest BCUT2D eigenvalue weighted by Gasteiger charge is 2.19. The number of ether oxygens (including phenoxy) is 2. The predicted octanol–water partition coefficient (Wildman–Crippen LogP) is 4.21. The van der Waals surface area contributed by atoms with Crippen LogP contribution in [0.1, 0.15) is 18.9 Å². The molecule has 0 fully saturated rings. The van der Waals surface area contributed by atoms with E-state index in [2.05, 4.69) is 10.2 Å². The number of carbonyl (C=O) groups is 1. The molecule has 0 aliphatic heterocycles. The topological polar surface area (TPSA) is 74.5 Å². The third-order valence-electron chi connectivity index (χ3n) is 3.36. The van der Waals surface area contributed by atoms with Gasteiger partial charge in [0.15, 0.2) is 12.7 Å². The van der Waals surface area contributed by atoms with Crippen molar-refractivity contribution in [3.63, 3.8) is 0 Å². The quantitative estimate of drug-likeness (QED) is 0.600. The van der Waals surface area contributed by atoms with E-state index in [0.29, 0.717) is 5.89 Å². The molecule has 8 heteroatoms. The van der Waals surface area contributed by atoms with E-state index in [-0.39, 0.29) is 16.7 Å². The van der Waals surface area contributed by atoms with Crippen LogP contribution in [0.2, 0.25) is 5.02 Å². The number of rotatable bonds is 6. The average molecular weight is 377 g/mol. The Bertz CT molecular complexity index is 901. The van der Waals surface area contributed by atoms with Crippen LogP contribution >= 0.6 is 11.6 Å². The van der Waals surface area contributed by atoms with Crippen LogP contribution in [0.4, 0.5) is 4.39 Å². The molecule has 26 heavy (non-hydrogen) atoms. The lowest BCUT2D eigenvalue weighted by molar-refractivity contribution is -0.152. The standard InChI is InChI=1S/C18H14ClFN2O4/c1-11(17-21-22-18(26-17)12-5-3-2-4-6-12)25-16(23)10-24-15-8-7-13(20)9-14(15)19/h2-9,11H,10H2,1H3/t11-/m0/s1. The number of benzene rings is 2. The van der Waals surface area contributed by atoms with Crippen LogP contribution in [0, 0.1) is 5.82 Å². The van der Waals surface area contributed by atoms with Crippen molar-refractivity contribution in [3.8, 4) is 17.2 Å². The zero-order valence-electron chi connectivity index (χ0n) is 13.7. The van der Waals surface area contributed by atoms with Gasteiger partial charge >= 0.3 is 5.97 Å². The molecule has 0 amide bonds. The Balaban J connectivity index is 1.57. The van der Waals surface area contributed by atoms with E-state index in [9.17, 15) is 9.18 Å². The van der Waals surface area contributed by atoms with Crippen LogP contribution < -0.4 is 4.74 Å². The lowest BCUT2D eigenvalue weighted by atomic mass is 10.2. The highest BCUT2D eigenvalue weighted by molar-refractivity contribution is 6.32. The van der Waals surface area contributed by atoms with Gasteiger partial charge in [-0.25, -0.2) is 9.18 Å². The monoisotopic (exact) mass is 376 g/mol. The molecule has 1 atom stereocenters. The molecule has 3 rings (SSSR count). The molecule has 1 heterocycles. The minimum absolute atomic E-state index is 0.0650. The Hall–Kier alpha value is -2.93. The van der Waals surface area contributed by atoms with E-state index < -0.39 is 24.5 Å². The Kier molecular flexibility index (Phi) is 5.48. The molecule has 0 unspecified atom stereocenters. The number of hydrogen-bond acceptors (Lipinski definition) is 6. The Morgan fingerprint density at radius 2 is 2.00 bits per heavy atom. The van der Waals surface area contributed by atoms with Gasteiger partial charge in [0.05, 0.1) is 5.02 Å². The summed E-state index contributed by atoms with van der Waals surface area (Å²) in [6.45, 7) is 1.21. The summed E-state index contributed by atoms with van der Waals surface area (Å²) in [5.74, 6) is -0.474. The molecule has 0 N–H and O–H groups in total. The number of aromatic nitrogens is 2. The summed E-state index contributed by atoms with van der Waals surface area (Å²) in [7, 11) is 0. The highest BCUT2D eigenvalue weighted by atomic mass is 35.5.